The normalized spacial score (nSPS) is 12.7. The van der Waals surface area contributed by atoms with Gasteiger partial charge >= 0.3 is 0 Å². The molecule has 0 bridgehead atoms. The Balaban J connectivity index is 2.56. The lowest BCUT2D eigenvalue weighted by atomic mass is 10.1. The topological polar surface area (TPSA) is 29.9 Å². The molecule has 1 unspecified atom stereocenters. The minimum Gasteiger partial charge on any atom is -0.313 e. The van der Waals surface area contributed by atoms with E-state index in [-0.39, 0.29) is 0 Å². The molecule has 0 aliphatic rings. The molecule has 2 aromatic rings. The maximum absolute atomic E-state index is 4.39. The van der Waals surface area contributed by atoms with Crippen molar-refractivity contribution in [3.05, 3.63) is 46.5 Å². The monoisotopic (exact) mass is 307 g/mol. The number of nitrogens with one attached hydrogen (secondary N) is 1. The van der Waals surface area contributed by atoms with Crippen molar-refractivity contribution in [2.75, 3.05) is 7.05 Å². The first-order valence-corrected chi connectivity index (χ1v) is 6.96. The summed E-state index contributed by atoms with van der Waals surface area (Å²) >= 11 is 3.54. The van der Waals surface area contributed by atoms with Gasteiger partial charge in [0.05, 0.1) is 5.69 Å². The van der Waals surface area contributed by atoms with Gasteiger partial charge in [-0.3, -0.25) is 0 Å². The molecule has 1 aromatic heterocycles. The Hall–Kier alpha value is -1.13. The highest BCUT2D eigenvalue weighted by Gasteiger charge is 2.13. The number of halogens is 1. The number of hydrogen-bond acceptors (Lipinski definition) is 2. The van der Waals surface area contributed by atoms with E-state index in [0.29, 0.717) is 6.04 Å². The van der Waals surface area contributed by atoms with Crippen LogP contribution in [0.15, 0.2) is 35.1 Å². The van der Waals surface area contributed by atoms with Crippen LogP contribution in [0.3, 0.4) is 0 Å². The average Bonchev–Trinajstić information content (AvgIpc) is 2.85. The molecule has 1 heterocycles. The van der Waals surface area contributed by atoms with Crippen LogP contribution in [0, 0.1) is 0 Å². The highest BCUT2D eigenvalue weighted by atomic mass is 79.9. The van der Waals surface area contributed by atoms with Crippen molar-refractivity contribution >= 4 is 15.9 Å². The van der Waals surface area contributed by atoms with Crippen LogP contribution in [-0.4, -0.2) is 16.6 Å². The van der Waals surface area contributed by atoms with E-state index in [1.54, 1.807) is 0 Å². The number of rotatable bonds is 4. The summed E-state index contributed by atoms with van der Waals surface area (Å²) in [7, 11) is 1.98. The molecule has 3 nitrogen and oxygen atoms in total. The van der Waals surface area contributed by atoms with E-state index in [1.807, 2.05) is 19.4 Å². The van der Waals surface area contributed by atoms with Gasteiger partial charge in [-0.1, -0.05) is 22.9 Å². The zero-order valence-electron chi connectivity index (χ0n) is 10.9. The third-order valence-electron chi connectivity index (χ3n) is 3.18. The minimum absolute atomic E-state index is 0.296. The van der Waals surface area contributed by atoms with Gasteiger partial charge in [0.25, 0.3) is 0 Å². The Bertz CT molecular complexity index is 534. The number of aryl methyl sites for hydroxylation is 1. The second-order valence-electron chi connectivity index (χ2n) is 4.28. The van der Waals surface area contributed by atoms with E-state index in [1.165, 1.54) is 11.3 Å². The molecule has 0 radical (unpaired) electrons. The van der Waals surface area contributed by atoms with Crippen LogP contribution in [0.25, 0.3) is 5.69 Å². The predicted molar refractivity (Wildman–Crippen MR) is 78.1 cm³/mol. The van der Waals surface area contributed by atoms with Gasteiger partial charge in [0.1, 0.15) is 5.82 Å². The molecule has 2 rings (SSSR count). The standard InChI is InChI=1S/C14H18BrN3/c1-4-14-17-7-8-18(14)13-6-5-11(15)9-12(13)10(2)16-3/h5-10,16H,4H2,1-3H3. The molecule has 0 aliphatic heterocycles. The van der Waals surface area contributed by atoms with E-state index in [2.05, 4.69) is 62.8 Å². The zero-order chi connectivity index (χ0) is 13.1. The van der Waals surface area contributed by atoms with Crippen LogP contribution in [0.5, 0.6) is 0 Å². The second kappa shape index (κ2) is 5.67. The average molecular weight is 308 g/mol. The van der Waals surface area contributed by atoms with Crippen molar-refractivity contribution in [2.45, 2.75) is 26.3 Å². The Morgan fingerprint density at radius 3 is 2.89 bits per heavy atom. The number of nitrogens with zero attached hydrogens (tertiary/aromatic N) is 2. The fraction of sp³-hybridized carbons (Fsp3) is 0.357. The molecule has 18 heavy (non-hydrogen) atoms. The predicted octanol–water partition coefficient (Wildman–Crippen LogP) is 3.48. The van der Waals surface area contributed by atoms with Crippen molar-refractivity contribution in [3.8, 4) is 5.69 Å². The summed E-state index contributed by atoms with van der Waals surface area (Å²) in [6.07, 6.45) is 4.80. The molecule has 0 fully saturated rings. The van der Waals surface area contributed by atoms with Gasteiger partial charge in [-0.2, -0.15) is 0 Å². The molecule has 1 N–H and O–H groups in total. The Morgan fingerprint density at radius 1 is 1.44 bits per heavy atom. The van der Waals surface area contributed by atoms with E-state index in [4.69, 9.17) is 0 Å². The third-order valence-corrected chi connectivity index (χ3v) is 3.68. The Morgan fingerprint density at radius 2 is 2.22 bits per heavy atom. The minimum atomic E-state index is 0.296. The van der Waals surface area contributed by atoms with Gasteiger partial charge < -0.3 is 9.88 Å². The first-order valence-electron chi connectivity index (χ1n) is 6.16. The molecule has 0 aliphatic carbocycles. The first-order chi connectivity index (χ1) is 8.67. The Kier molecular flexibility index (Phi) is 4.19. The zero-order valence-corrected chi connectivity index (χ0v) is 12.5. The highest BCUT2D eigenvalue weighted by molar-refractivity contribution is 9.10. The van der Waals surface area contributed by atoms with Crippen LogP contribution in [0.4, 0.5) is 0 Å². The second-order valence-corrected chi connectivity index (χ2v) is 5.20. The lowest BCUT2D eigenvalue weighted by molar-refractivity contribution is 0.646. The van der Waals surface area contributed by atoms with E-state index in [9.17, 15) is 0 Å². The Labute approximate surface area is 116 Å². The summed E-state index contributed by atoms with van der Waals surface area (Å²) in [6.45, 7) is 4.28. The maximum Gasteiger partial charge on any atom is 0.112 e. The largest absolute Gasteiger partial charge is 0.313 e. The van der Waals surface area contributed by atoms with Crippen molar-refractivity contribution in [1.29, 1.82) is 0 Å². The molecular weight excluding hydrogens is 290 g/mol. The lowest BCUT2D eigenvalue weighted by Gasteiger charge is -2.18. The van der Waals surface area contributed by atoms with Crippen LogP contribution in [0.2, 0.25) is 0 Å². The highest BCUT2D eigenvalue weighted by Crippen LogP contribution is 2.26. The molecule has 1 atom stereocenters. The fourth-order valence-corrected chi connectivity index (χ4v) is 2.44. The summed E-state index contributed by atoms with van der Waals surface area (Å²) in [5.74, 6) is 1.09. The summed E-state index contributed by atoms with van der Waals surface area (Å²) in [5.41, 5.74) is 2.45. The van der Waals surface area contributed by atoms with E-state index >= 15 is 0 Å². The van der Waals surface area contributed by atoms with Crippen LogP contribution in [0.1, 0.15) is 31.3 Å². The van der Waals surface area contributed by atoms with E-state index < -0.39 is 0 Å². The van der Waals surface area contributed by atoms with Gasteiger partial charge in [0, 0.05) is 29.3 Å². The van der Waals surface area contributed by atoms with Gasteiger partial charge in [0.15, 0.2) is 0 Å². The first kappa shape index (κ1) is 13.3. The smallest absolute Gasteiger partial charge is 0.112 e. The van der Waals surface area contributed by atoms with Crippen LogP contribution >= 0.6 is 15.9 Å². The fourth-order valence-electron chi connectivity index (χ4n) is 2.06. The summed E-state index contributed by atoms with van der Waals surface area (Å²) in [4.78, 5) is 4.39. The molecule has 0 saturated carbocycles. The van der Waals surface area contributed by atoms with Gasteiger partial charge in [-0.25, -0.2) is 4.98 Å². The molecule has 0 spiro atoms. The van der Waals surface area contributed by atoms with Crippen molar-refractivity contribution in [3.63, 3.8) is 0 Å². The molecule has 0 amide bonds. The number of hydrogen-bond donors (Lipinski definition) is 1. The van der Waals surface area contributed by atoms with Gasteiger partial charge in [0.2, 0.25) is 0 Å². The number of aromatic nitrogens is 2. The molecular formula is C14H18BrN3. The maximum atomic E-state index is 4.39. The number of imidazole rings is 1. The molecule has 96 valence electrons. The SMILES string of the molecule is CCc1nccn1-c1ccc(Br)cc1C(C)NC. The lowest BCUT2D eigenvalue weighted by Crippen LogP contribution is -2.15. The summed E-state index contributed by atoms with van der Waals surface area (Å²) in [5, 5.41) is 3.29. The quantitative estimate of drug-likeness (QED) is 0.937. The third kappa shape index (κ3) is 2.49. The van der Waals surface area contributed by atoms with Crippen molar-refractivity contribution in [1.82, 2.24) is 14.9 Å². The van der Waals surface area contributed by atoms with Crippen molar-refractivity contribution < 1.29 is 0 Å². The summed E-state index contributed by atoms with van der Waals surface area (Å²) in [6, 6.07) is 6.66. The van der Waals surface area contributed by atoms with Crippen LogP contribution < -0.4 is 5.32 Å². The van der Waals surface area contributed by atoms with Gasteiger partial charge in [-0.15, -0.1) is 0 Å². The number of benzene rings is 1. The molecule has 0 saturated heterocycles. The van der Waals surface area contributed by atoms with Crippen molar-refractivity contribution in [2.24, 2.45) is 0 Å². The molecule has 4 heteroatoms. The van der Waals surface area contributed by atoms with E-state index in [0.717, 1.165) is 16.7 Å². The summed E-state index contributed by atoms with van der Waals surface area (Å²) < 4.78 is 3.26. The van der Waals surface area contributed by atoms with Gasteiger partial charge in [-0.05, 0) is 37.7 Å². The molecule has 1 aromatic carbocycles. The van der Waals surface area contributed by atoms with Crippen LogP contribution in [-0.2, 0) is 6.42 Å².